The Bertz CT molecular complexity index is 527. The van der Waals surface area contributed by atoms with Crippen LogP contribution in [0.2, 0.25) is 0 Å². The number of aliphatic hydroxyl groups is 1. The second kappa shape index (κ2) is 15.9. The van der Waals surface area contributed by atoms with Crippen molar-refractivity contribution in [3.8, 4) is 0 Å². The minimum atomic E-state index is -1.36. The smallest absolute Gasteiger partial charge is 0.323 e. The number of carbonyl (C=O) groups excluding carboxylic acids is 2. The Balaban J connectivity index is 5.35. The SMILES string of the molecule is C=C/C=C/CCC(C/C=C/C=C/[C@H](C)CCCO)(C(=O)OCC)C(=O)OCC. The van der Waals surface area contributed by atoms with Crippen molar-refractivity contribution in [1.82, 2.24) is 0 Å². The first-order chi connectivity index (χ1) is 13.5. The molecule has 0 aromatic rings. The maximum absolute atomic E-state index is 12.7. The second-order valence-corrected chi connectivity index (χ2v) is 6.59. The maximum Gasteiger partial charge on any atom is 0.323 e. The summed E-state index contributed by atoms with van der Waals surface area (Å²) in [7, 11) is 0. The van der Waals surface area contributed by atoms with Gasteiger partial charge in [0, 0.05) is 6.61 Å². The standard InChI is InChI=1S/C23H36O5/c1-5-8-9-12-17-23(21(25)27-6-2,22(26)28-7-3)18-13-10-11-15-20(4)16-14-19-24/h5,8-11,13,15,20,24H,1,6-7,12,14,16-19H2,2-4H3/b9-8+,13-10+,15-11+/t20-/m0/s1. The van der Waals surface area contributed by atoms with Crippen molar-refractivity contribution in [1.29, 1.82) is 0 Å². The molecule has 1 atom stereocenters. The summed E-state index contributed by atoms with van der Waals surface area (Å²) in [5, 5.41) is 8.87. The molecule has 0 spiro atoms. The predicted octanol–water partition coefficient (Wildman–Crippen LogP) is 4.53. The van der Waals surface area contributed by atoms with Gasteiger partial charge in [-0.1, -0.05) is 56.0 Å². The molecule has 5 nitrogen and oxygen atoms in total. The van der Waals surface area contributed by atoms with Gasteiger partial charge >= 0.3 is 11.9 Å². The van der Waals surface area contributed by atoms with Crippen LogP contribution in [0.3, 0.4) is 0 Å². The van der Waals surface area contributed by atoms with E-state index in [-0.39, 0.29) is 26.2 Å². The van der Waals surface area contributed by atoms with E-state index in [0.29, 0.717) is 18.8 Å². The second-order valence-electron chi connectivity index (χ2n) is 6.59. The fourth-order valence-corrected chi connectivity index (χ4v) is 2.73. The lowest BCUT2D eigenvalue weighted by atomic mass is 9.79. The third-order valence-corrected chi connectivity index (χ3v) is 4.31. The van der Waals surface area contributed by atoms with Gasteiger partial charge in [0.2, 0.25) is 0 Å². The van der Waals surface area contributed by atoms with Crippen molar-refractivity contribution in [2.45, 2.75) is 52.9 Å². The molecule has 0 aliphatic carbocycles. The van der Waals surface area contributed by atoms with E-state index in [0.717, 1.165) is 12.8 Å². The summed E-state index contributed by atoms with van der Waals surface area (Å²) in [5.41, 5.74) is -1.36. The van der Waals surface area contributed by atoms with Gasteiger partial charge < -0.3 is 14.6 Å². The fourth-order valence-electron chi connectivity index (χ4n) is 2.73. The third-order valence-electron chi connectivity index (χ3n) is 4.31. The Labute approximate surface area is 169 Å². The largest absolute Gasteiger partial charge is 0.465 e. The van der Waals surface area contributed by atoms with Crippen molar-refractivity contribution >= 4 is 11.9 Å². The molecule has 0 unspecified atom stereocenters. The molecule has 1 N–H and O–H groups in total. The van der Waals surface area contributed by atoms with Crippen molar-refractivity contribution < 1.29 is 24.2 Å². The Kier molecular flexibility index (Phi) is 14.7. The summed E-state index contributed by atoms with van der Waals surface area (Å²) in [4.78, 5) is 25.4. The lowest BCUT2D eigenvalue weighted by Crippen LogP contribution is -2.41. The molecule has 0 saturated heterocycles. The molecule has 158 valence electrons. The summed E-state index contributed by atoms with van der Waals surface area (Å²) in [6, 6.07) is 0. The molecule has 0 radical (unpaired) electrons. The predicted molar refractivity (Wildman–Crippen MR) is 113 cm³/mol. The number of hydrogen-bond acceptors (Lipinski definition) is 5. The summed E-state index contributed by atoms with van der Waals surface area (Å²) in [5.74, 6) is -0.753. The number of rotatable bonds is 15. The molecule has 0 heterocycles. The summed E-state index contributed by atoms with van der Waals surface area (Å²) in [6.45, 7) is 9.74. The van der Waals surface area contributed by atoms with Crippen molar-refractivity contribution in [2.75, 3.05) is 19.8 Å². The van der Waals surface area contributed by atoms with Gasteiger partial charge in [-0.05, 0) is 51.9 Å². The summed E-state index contributed by atoms with van der Waals surface area (Å²) < 4.78 is 10.4. The van der Waals surface area contributed by atoms with Gasteiger partial charge in [-0.2, -0.15) is 0 Å². The zero-order chi connectivity index (χ0) is 21.3. The maximum atomic E-state index is 12.7. The minimum Gasteiger partial charge on any atom is -0.465 e. The topological polar surface area (TPSA) is 72.8 Å². The van der Waals surface area contributed by atoms with E-state index < -0.39 is 17.4 Å². The molecule has 0 aliphatic heterocycles. The molecule has 0 aromatic heterocycles. The highest BCUT2D eigenvalue weighted by Crippen LogP contribution is 2.33. The van der Waals surface area contributed by atoms with E-state index in [4.69, 9.17) is 14.6 Å². The van der Waals surface area contributed by atoms with Crippen molar-refractivity contribution in [3.05, 3.63) is 49.1 Å². The first-order valence-electron chi connectivity index (χ1n) is 10.0. The molecule has 0 amide bonds. The minimum absolute atomic E-state index is 0.190. The van der Waals surface area contributed by atoms with Crippen LogP contribution in [0.25, 0.3) is 0 Å². The van der Waals surface area contributed by atoms with Gasteiger partial charge in [0.15, 0.2) is 5.41 Å². The molecule has 28 heavy (non-hydrogen) atoms. The fraction of sp³-hybridized carbons (Fsp3) is 0.565. The van der Waals surface area contributed by atoms with Crippen LogP contribution in [0.4, 0.5) is 0 Å². The first kappa shape index (κ1) is 25.9. The van der Waals surface area contributed by atoms with Crippen LogP contribution in [0, 0.1) is 11.3 Å². The lowest BCUT2D eigenvalue weighted by molar-refractivity contribution is -0.172. The molecule has 0 fully saturated rings. The highest BCUT2D eigenvalue weighted by atomic mass is 16.6. The Morgan fingerprint density at radius 2 is 1.71 bits per heavy atom. The quantitative estimate of drug-likeness (QED) is 0.252. The van der Waals surface area contributed by atoms with E-state index in [1.54, 1.807) is 32.1 Å². The van der Waals surface area contributed by atoms with Gasteiger partial charge in [-0.15, -0.1) is 0 Å². The average Bonchev–Trinajstić information content (AvgIpc) is 2.68. The zero-order valence-electron chi connectivity index (χ0n) is 17.6. The van der Waals surface area contributed by atoms with Gasteiger partial charge in [0.25, 0.3) is 0 Å². The normalized spacial score (nSPS) is 13.3. The molecular formula is C23H36O5. The number of ether oxygens (including phenoxy) is 2. The summed E-state index contributed by atoms with van der Waals surface area (Å²) in [6.07, 6.45) is 15.6. The monoisotopic (exact) mass is 392 g/mol. The van der Waals surface area contributed by atoms with Gasteiger partial charge in [-0.25, -0.2) is 0 Å². The Morgan fingerprint density at radius 3 is 2.25 bits per heavy atom. The highest BCUT2D eigenvalue weighted by Gasteiger charge is 2.47. The first-order valence-corrected chi connectivity index (χ1v) is 10.0. The van der Waals surface area contributed by atoms with E-state index in [2.05, 4.69) is 13.5 Å². The van der Waals surface area contributed by atoms with Crippen LogP contribution in [0.15, 0.2) is 49.1 Å². The molecule has 0 aliphatic rings. The van der Waals surface area contributed by atoms with Gasteiger partial charge in [0.1, 0.15) is 0 Å². The van der Waals surface area contributed by atoms with E-state index in [1.807, 2.05) is 24.3 Å². The number of carbonyl (C=O) groups is 2. The average molecular weight is 393 g/mol. The molecule has 5 heteroatoms. The number of esters is 2. The highest BCUT2D eigenvalue weighted by molar-refractivity contribution is 6.00. The number of aliphatic hydroxyl groups excluding tert-OH is 1. The van der Waals surface area contributed by atoms with Gasteiger partial charge in [-0.3, -0.25) is 9.59 Å². The molecule has 0 aromatic carbocycles. The zero-order valence-corrected chi connectivity index (χ0v) is 17.6. The van der Waals surface area contributed by atoms with Crippen molar-refractivity contribution in [3.63, 3.8) is 0 Å². The van der Waals surface area contributed by atoms with Gasteiger partial charge in [0.05, 0.1) is 13.2 Å². The van der Waals surface area contributed by atoms with Crippen LogP contribution >= 0.6 is 0 Å². The van der Waals surface area contributed by atoms with Crippen molar-refractivity contribution in [2.24, 2.45) is 11.3 Å². The van der Waals surface area contributed by atoms with E-state index >= 15 is 0 Å². The molecule has 0 saturated carbocycles. The van der Waals surface area contributed by atoms with Crippen LogP contribution < -0.4 is 0 Å². The number of hydrogen-bond donors (Lipinski definition) is 1. The molecule has 0 rings (SSSR count). The summed E-state index contributed by atoms with van der Waals surface area (Å²) >= 11 is 0. The molecular weight excluding hydrogens is 356 g/mol. The Morgan fingerprint density at radius 1 is 1.07 bits per heavy atom. The lowest BCUT2D eigenvalue weighted by Gasteiger charge is -2.27. The van der Waals surface area contributed by atoms with Crippen LogP contribution in [0.5, 0.6) is 0 Å². The van der Waals surface area contributed by atoms with Crippen LogP contribution in [-0.2, 0) is 19.1 Å². The number of allylic oxidation sites excluding steroid dienone is 7. The Hall–Kier alpha value is -2.14. The van der Waals surface area contributed by atoms with E-state index in [1.165, 1.54) is 0 Å². The van der Waals surface area contributed by atoms with Crippen LogP contribution in [-0.4, -0.2) is 36.9 Å². The van der Waals surface area contributed by atoms with Crippen LogP contribution in [0.1, 0.15) is 52.9 Å². The third kappa shape index (κ3) is 9.70. The van der Waals surface area contributed by atoms with E-state index in [9.17, 15) is 9.59 Å². The molecule has 0 bridgehead atoms.